The first kappa shape index (κ1) is 12.9. The number of aromatic nitrogens is 2. The SMILES string of the molecule is O=C1c2c([nH]c3cccc(C(F)(F)F)c3c2=O)-c2cccn21. The molecule has 22 heavy (non-hydrogen) atoms. The number of halogens is 3. The second kappa shape index (κ2) is 3.88. The average molecular weight is 304 g/mol. The molecule has 7 heteroatoms. The summed E-state index contributed by atoms with van der Waals surface area (Å²) in [5.74, 6) is -0.616. The van der Waals surface area contributed by atoms with E-state index in [1.807, 2.05) is 0 Å². The number of benzene rings is 1. The van der Waals surface area contributed by atoms with E-state index >= 15 is 0 Å². The standard InChI is InChI=1S/C15H7F3N2O2/c16-15(17,18)7-3-1-4-8-10(7)13(21)11-12(19-8)9-5-2-6-20(9)14(11)22/h1-6H,(H,19,21). The third kappa shape index (κ3) is 1.47. The predicted octanol–water partition coefficient (Wildman–Crippen LogP) is 3.02. The van der Waals surface area contributed by atoms with Crippen molar-refractivity contribution in [1.82, 2.24) is 9.55 Å². The number of fused-ring (bicyclic) bond motifs is 4. The number of alkyl halides is 3. The van der Waals surface area contributed by atoms with Gasteiger partial charge in [-0.25, -0.2) is 0 Å². The van der Waals surface area contributed by atoms with E-state index < -0.39 is 28.5 Å². The maximum absolute atomic E-state index is 13.1. The minimum atomic E-state index is -4.67. The van der Waals surface area contributed by atoms with E-state index in [4.69, 9.17) is 0 Å². The Morgan fingerprint density at radius 3 is 2.55 bits per heavy atom. The van der Waals surface area contributed by atoms with Crippen molar-refractivity contribution in [3.8, 4) is 11.4 Å². The molecule has 0 fully saturated rings. The lowest BCUT2D eigenvalue weighted by Gasteiger charge is -2.10. The Hall–Kier alpha value is -2.83. The highest BCUT2D eigenvalue weighted by Crippen LogP contribution is 2.35. The smallest absolute Gasteiger partial charge is 0.352 e. The van der Waals surface area contributed by atoms with Crippen LogP contribution in [0, 0.1) is 0 Å². The van der Waals surface area contributed by atoms with Gasteiger partial charge >= 0.3 is 6.18 Å². The van der Waals surface area contributed by atoms with Gasteiger partial charge in [-0.1, -0.05) is 6.07 Å². The van der Waals surface area contributed by atoms with Gasteiger partial charge < -0.3 is 4.98 Å². The highest BCUT2D eigenvalue weighted by Gasteiger charge is 2.36. The Bertz CT molecular complexity index is 1010. The van der Waals surface area contributed by atoms with Gasteiger partial charge in [0.15, 0.2) is 0 Å². The topological polar surface area (TPSA) is 54.9 Å². The minimum absolute atomic E-state index is 0.0565. The van der Waals surface area contributed by atoms with Gasteiger partial charge in [-0.15, -0.1) is 0 Å². The second-order valence-electron chi connectivity index (χ2n) is 5.00. The zero-order valence-corrected chi connectivity index (χ0v) is 10.9. The van der Waals surface area contributed by atoms with Crippen LogP contribution in [0.15, 0.2) is 41.3 Å². The Labute approximate surface area is 120 Å². The van der Waals surface area contributed by atoms with Crippen molar-refractivity contribution in [2.24, 2.45) is 0 Å². The minimum Gasteiger partial charge on any atom is -0.352 e. The Morgan fingerprint density at radius 1 is 1.05 bits per heavy atom. The van der Waals surface area contributed by atoms with Crippen LogP contribution in [0.5, 0.6) is 0 Å². The summed E-state index contributed by atoms with van der Waals surface area (Å²) in [7, 11) is 0. The maximum atomic E-state index is 13.1. The number of hydrogen-bond acceptors (Lipinski definition) is 2. The number of pyridine rings is 1. The molecule has 110 valence electrons. The van der Waals surface area contributed by atoms with Crippen LogP contribution in [0.2, 0.25) is 0 Å². The van der Waals surface area contributed by atoms with Crippen LogP contribution >= 0.6 is 0 Å². The molecule has 0 unspecified atom stereocenters. The van der Waals surface area contributed by atoms with Gasteiger partial charge in [0.25, 0.3) is 5.91 Å². The van der Waals surface area contributed by atoms with E-state index in [0.29, 0.717) is 5.69 Å². The molecule has 0 amide bonds. The van der Waals surface area contributed by atoms with Gasteiger partial charge in [0.1, 0.15) is 5.56 Å². The summed E-state index contributed by atoms with van der Waals surface area (Å²) >= 11 is 0. The zero-order chi connectivity index (χ0) is 15.6. The molecule has 1 aliphatic heterocycles. The van der Waals surface area contributed by atoms with Gasteiger partial charge in [0.05, 0.1) is 27.9 Å². The fourth-order valence-electron chi connectivity index (χ4n) is 2.85. The highest BCUT2D eigenvalue weighted by atomic mass is 19.4. The van der Waals surface area contributed by atoms with Gasteiger partial charge in [0.2, 0.25) is 5.43 Å². The van der Waals surface area contributed by atoms with Gasteiger partial charge in [-0.05, 0) is 24.3 Å². The zero-order valence-electron chi connectivity index (χ0n) is 10.9. The fourth-order valence-corrected chi connectivity index (χ4v) is 2.85. The number of rotatable bonds is 0. The third-order valence-electron chi connectivity index (χ3n) is 3.77. The fraction of sp³-hybridized carbons (Fsp3) is 0.0667. The van der Waals surface area contributed by atoms with Crippen molar-refractivity contribution in [3.63, 3.8) is 0 Å². The number of H-pyrrole nitrogens is 1. The lowest BCUT2D eigenvalue weighted by Crippen LogP contribution is -2.20. The molecule has 4 rings (SSSR count). The summed E-state index contributed by atoms with van der Waals surface area (Å²) in [4.78, 5) is 27.5. The summed E-state index contributed by atoms with van der Waals surface area (Å²) in [5, 5.41) is -0.507. The van der Waals surface area contributed by atoms with Crippen molar-refractivity contribution in [1.29, 1.82) is 0 Å². The molecule has 1 aromatic carbocycles. The molecule has 0 saturated carbocycles. The Morgan fingerprint density at radius 2 is 1.82 bits per heavy atom. The summed E-state index contributed by atoms with van der Waals surface area (Å²) in [5.41, 5.74) is -1.41. The molecule has 0 radical (unpaired) electrons. The van der Waals surface area contributed by atoms with Crippen molar-refractivity contribution >= 4 is 16.8 Å². The van der Waals surface area contributed by atoms with Gasteiger partial charge in [-0.2, -0.15) is 13.2 Å². The highest BCUT2D eigenvalue weighted by molar-refractivity contribution is 6.10. The molecule has 3 aromatic rings. The third-order valence-corrected chi connectivity index (χ3v) is 3.77. The molecule has 1 N–H and O–H groups in total. The van der Waals surface area contributed by atoms with Crippen LogP contribution in [0.3, 0.4) is 0 Å². The predicted molar refractivity (Wildman–Crippen MR) is 72.7 cm³/mol. The van der Waals surface area contributed by atoms with Crippen LogP contribution in [0.4, 0.5) is 13.2 Å². The summed E-state index contributed by atoms with van der Waals surface area (Å²) in [6, 6.07) is 6.71. The van der Waals surface area contributed by atoms with E-state index in [1.165, 1.54) is 22.9 Å². The molecular formula is C15H7F3N2O2. The van der Waals surface area contributed by atoms with Crippen molar-refractivity contribution < 1.29 is 18.0 Å². The lowest BCUT2D eigenvalue weighted by molar-refractivity contribution is -0.136. The molecular weight excluding hydrogens is 297 g/mol. The largest absolute Gasteiger partial charge is 0.417 e. The number of nitrogens with one attached hydrogen (secondary N) is 1. The maximum Gasteiger partial charge on any atom is 0.417 e. The van der Waals surface area contributed by atoms with Crippen LogP contribution in [0.25, 0.3) is 22.3 Å². The molecule has 0 atom stereocenters. The van der Waals surface area contributed by atoms with E-state index in [2.05, 4.69) is 4.98 Å². The first-order valence-electron chi connectivity index (χ1n) is 6.38. The summed E-state index contributed by atoms with van der Waals surface area (Å²) in [6.45, 7) is 0. The Balaban J connectivity index is 2.18. The number of carbonyl (C=O) groups excluding carboxylic acids is 1. The van der Waals surface area contributed by atoms with E-state index in [0.717, 1.165) is 6.07 Å². The first-order valence-corrected chi connectivity index (χ1v) is 6.38. The van der Waals surface area contributed by atoms with Crippen LogP contribution < -0.4 is 5.43 Å². The van der Waals surface area contributed by atoms with E-state index in [1.54, 1.807) is 12.1 Å². The van der Waals surface area contributed by atoms with E-state index in [-0.39, 0.29) is 16.8 Å². The van der Waals surface area contributed by atoms with Crippen LogP contribution in [-0.2, 0) is 6.18 Å². The van der Waals surface area contributed by atoms with Crippen LogP contribution in [0.1, 0.15) is 15.9 Å². The number of carbonyl (C=O) groups is 1. The average Bonchev–Trinajstić information content (AvgIpc) is 3.02. The Kier molecular flexibility index (Phi) is 2.27. The number of aromatic amines is 1. The summed E-state index contributed by atoms with van der Waals surface area (Å²) in [6.07, 6.45) is -3.20. The van der Waals surface area contributed by atoms with Crippen LogP contribution in [-0.4, -0.2) is 15.5 Å². The van der Waals surface area contributed by atoms with Gasteiger partial charge in [-0.3, -0.25) is 14.2 Å². The monoisotopic (exact) mass is 304 g/mol. The van der Waals surface area contributed by atoms with Crippen molar-refractivity contribution in [2.45, 2.75) is 6.18 Å². The molecule has 2 aromatic heterocycles. The van der Waals surface area contributed by atoms with Crippen molar-refractivity contribution in [3.05, 3.63) is 57.9 Å². The number of hydrogen-bond donors (Lipinski definition) is 1. The molecule has 1 aliphatic rings. The second-order valence-corrected chi connectivity index (χ2v) is 5.00. The molecule has 0 spiro atoms. The normalized spacial score (nSPS) is 13.5. The lowest BCUT2D eigenvalue weighted by atomic mass is 10.0. The first-order chi connectivity index (χ1) is 10.4. The quantitative estimate of drug-likeness (QED) is 0.543. The molecule has 3 heterocycles. The van der Waals surface area contributed by atoms with E-state index in [9.17, 15) is 22.8 Å². The summed E-state index contributed by atoms with van der Waals surface area (Å²) < 4.78 is 40.6. The van der Waals surface area contributed by atoms with Gasteiger partial charge in [0, 0.05) is 6.20 Å². The molecule has 0 saturated heterocycles. The number of nitrogens with zero attached hydrogens (tertiary/aromatic N) is 1. The molecule has 0 aliphatic carbocycles. The molecule has 0 bridgehead atoms. The van der Waals surface area contributed by atoms with Crippen molar-refractivity contribution in [2.75, 3.05) is 0 Å². The molecule has 4 nitrogen and oxygen atoms in total.